The molecule has 0 unspecified atom stereocenters. The van der Waals surface area contributed by atoms with Crippen LogP contribution in [0.2, 0.25) is 5.02 Å². The van der Waals surface area contributed by atoms with E-state index in [1.807, 2.05) is 19.1 Å². The number of nitrogens with zero attached hydrogens (tertiary/aromatic N) is 4. The molecule has 4 rings (SSSR count). The molecule has 0 N–H and O–H groups in total. The van der Waals surface area contributed by atoms with Gasteiger partial charge in [0.05, 0.1) is 28.3 Å². The summed E-state index contributed by atoms with van der Waals surface area (Å²) in [6, 6.07) is 10.2. The first-order valence-corrected chi connectivity index (χ1v) is 17.2. The molecule has 11 heteroatoms. The zero-order chi connectivity index (χ0) is 29.4. The number of halogens is 1. The average molecular weight is 621 g/mol. The van der Waals surface area contributed by atoms with Crippen LogP contribution in [-0.2, 0) is 14.8 Å². The van der Waals surface area contributed by atoms with Crippen molar-refractivity contribution in [2.45, 2.75) is 57.8 Å². The van der Waals surface area contributed by atoms with Gasteiger partial charge in [-0.25, -0.2) is 13.4 Å². The average Bonchev–Trinajstić information content (AvgIpc) is 3.42. The summed E-state index contributed by atoms with van der Waals surface area (Å²) in [5, 5.41) is 1.25. The van der Waals surface area contributed by atoms with E-state index in [0.717, 1.165) is 80.7 Å². The van der Waals surface area contributed by atoms with Crippen molar-refractivity contribution in [3.63, 3.8) is 0 Å². The topological polar surface area (TPSA) is 83.1 Å². The van der Waals surface area contributed by atoms with E-state index in [1.165, 1.54) is 11.3 Å². The predicted octanol–water partition coefficient (Wildman–Crippen LogP) is 6.22. The summed E-state index contributed by atoms with van der Waals surface area (Å²) in [6.07, 6.45) is 4.24. The van der Waals surface area contributed by atoms with Crippen LogP contribution in [0.3, 0.4) is 0 Å². The van der Waals surface area contributed by atoms with E-state index in [1.54, 1.807) is 33.5 Å². The van der Waals surface area contributed by atoms with E-state index in [2.05, 4.69) is 18.7 Å². The normalized spacial score (nSPS) is 14.7. The van der Waals surface area contributed by atoms with Crippen molar-refractivity contribution < 1.29 is 17.9 Å². The van der Waals surface area contributed by atoms with E-state index in [9.17, 15) is 13.2 Å². The Morgan fingerprint density at radius 3 is 2.29 bits per heavy atom. The molecule has 1 fully saturated rings. The number of rotatable bonds is 14. The van der Waals surface area contributed by atoms with Gasteiger partial charge >= 0.3 is 0 Å². The molecule has 1 saturated heterocycles. The summed E-state index contributed by atoms with van der Waals surface area (Å²) < 4.78 is 34.9. The highest BCUT2D eigenvalue weighted by molar-refractivity contribution is 7.89. The minimum atomic E-state index is -3.64. The molecule has 224 valence electrons. The largest absolute Gasteiger partial charge is 0.379 e. The molecule has 0 radical (unpaired) electrons. The number of aromatic nitrogens is 1. The molecule has 0 bridgehead atoms. The zero-order valence-electron chi connectivity index (χ0n) is 24.3. The number of carbonyl (C=O) groups excluding carboxylic acids is 1. The Kier molecular flexibility index (Phi) is 11.6. The van der Waals surface area contributed by atoms with Crippen molar-refractivity contribution in [3.8, 4) is 0 Å². The summed E-state index contributed by atoms with van der Waals surface area (Å²) in [4.78, 5) is 23.0. The molecule has 8 nitrogen and oxygen atoms in total. The molecule has 2 heterocycles. The van der Waals surface area contributed by atoms with E-state index < -0.39 is 10.0 Å². The summed E-state index contributed by atoms with van der Waals surface area (Å²) in [7, 11) is -3.64. The van der Waals surface area contributed by atoms with E-state index in [4.69, 9.17) is 21.3 Å². The molecule has 0 aliphatic carbocycles. The first kappa shape index (κ1) is 31.8. The maximum Gasteiger partial charge on any atom is 0.260 e. The molecule has 0 atom stereocenters. The fraction of sp³-hybridized carbons (Fsp3) is 0.533. The van der Waals surface area contributed by atoms with Crippen molar-refractivity contribution >= 4 is 54.2 Å². The fourth-order valence-electron chi connectivity index (χ4n) is 4.86. The van der Waals surface area contributed by atoms with Gasteiger partial charge in [-0.05, 0) is 68.1 Å². The van der Waals surface area contributed by atoms with Crippen molar-refractivity contribution in [3.05, 3.63) is 52.5 Å². The van der Waals surface area contributed by atoms with Crippen LogP contribution in [-0.4, -0.2) is 81.0 Å². The highest BCUT2D eigenvalue weighted by atomic mass is 35.5. The van der Waals surface area contributed by atoms with Crippen LogP contribution < -0.4 is 4.90 Å². The Labute approximate surface area is 253 Å². The molecule has 0 spiro atoms. The van der Waals surface area contributed by atoms with Crippen LogP contribution in [0, 0.1) is 6.92 Å². The van der Waals surface area contributed by atoms with E-state index in [-0.39, 0.29) is 10.8 Å². The van der Waals surface area contributed by atoms with Gasteiger partial charge in [0.1, 0.15) is 0 Å². The van der Waals surface area contributed by atoms with E-state index in [0.29, 0.717) is 35.4 Å². The zero-order valence-corrected chi connectivity index (χ0v) is 26.7. The molecular weight excluding hydrogens is 580 g/mol. The SMILES string of the molecule is CCCCN(CCCC)S(=O)(=O)c1ccc(C(=O)N(CCCN2CCOCC2)c2nc3c(C)c(Cl)ccc3s2)cc1. The molecular formula is C30H41ClN4O4S2. The molecule has 1 amide bonds. The highest BCUT2D eigenvalue weighted by Crippen LogP contribution is 2.34. The summed E-state index contributed by atoms with van der Waals surface area (Å²) in [5.41, 5.74) is 2.11. The molecule has 1 aromatic heterocycles. The Bertz CT molecular complexity index is 1400. The van der Waals surface area contributed by atoms with Crippen molar-refractivity contribution in [1.82, 2.24) is 14.2 Å². The predicted molar refractivity (Wildman–Crippen MR) is 168 cm³/mol. The lowest BCUT2D eigenvalue weighted by Crippen LogP contribution is -2.39. The number of aryl methyl sites for hydroxylation is 1. The molecule has 2 aromatic carbocycles. The Morgan fingerprint density at radius 1 is 1.00 bits per heavy atom. The number of amides is 1. The quantitative estimate of drug-likeness (QED) is 0.213. The van der Waals surface area contributed by atoms with Crippen molar-refractivity contribution in [1.29, 1.82) is 0 Å². The second-order valence-electron chi connectivity index (χ2n) is 10.4. The number of thiazole rings is 1. The van der Waals surface area contributed by atoms with Crippen LogP contribution >= 0.6 is 22.9 Å². The number of carbonyl (C=O) groups is 1. The molecule has 1 aliphatic heterocycles. The van der Waals surface area contributed by atoms with Gasteiger partial charge in [0.2, 0.25) is 10.0 Å². The number of unbranched alkanes of at least 4 members (excludes halogenated alkanes) is 2. The van der Waals surface area contributed by atoms with Crippen molar-refractivity contribution in [2.75, 3.05) is 57.4 Å². The lowest BCUT2D eigenvalue weighted by molar-refractivity contribution is 0.0376. The number of anilines is 1. The number of ether oxygens (including phenoxy) is 1. The van der Waals surface area contributed by atoms with Crippen LogP contribution in [0.4, 0.5) is 5.13 Å². The summed E-state index contributed by atoms with van der Waals surface area (Å²) >= 11 is 7.81. The number of hydrogen-bond acceptors (Lipinski definition) is 7. The first-order chi connectivity index (χ1) is 19.8. The van der Waals surface area contributed by atoms with Crippen molar-refractivity contribution in [2.24, 2.45) is 0 Å². The molecule has 0 saturated carbocycles. The molecule has 1 aliphatic rings. The third kappa shape index (κ3) is 7.86. The monoisotopic (exact) mass is 620 g/mol. The van der Waals surface area contributed by atoms with Gasteiger partial charge in [-0.3, -0.25) is 14.6 Å². The van der Waals surface area contributed by atoms with Crippen LogP contribution in [0.1, 0.15) is 61.9 Å². The van der Waals surface area contributed by atoms with E-state index >= 15 is 0 Å². The second-order valence-corrected chi connectivity index (χ2v) is 13.8. The van der Waals surface area contributed by atoms with Gasteiger partial charge in [0.15, 0.2) is 5.13 Å². The lowest BCUT2D eigenvalue weighted by atomic mass is 10.2. The third-order valence-electron chi connectivity index (χ3n) is 7.43. The van der Waals surface area contributed by atoms with Crippen LogP contribution in [0.25, 0.3) is 10.2 Å². The van der Waals surface area contributed by atoms with Gasteiger partial charge in [0.25, 0.3) is 5.91 Å². The fourth-order valence-corrected chi connectivity index (χ4v) is 7.58. The maximum absolute atomic E-state index is 13.9. The Balaban J connectivity index is 1.58. The number of hydrogen-bond donors (Lipinski definition) is 0. The third-order valence-corrected chi connectivity index (χ3v) is 10.8. The smallest absolute Gasteiger partial charge is 0.260 e. The lowest BCUT2D eigenvalue weighted by Gasteiger charge is -2.27. The van der Waals surface area contributed by atoms with Crippen LogP contribution in [0.5, 0.6) is 0 Å². The van der Waals surface area contributed by atoms with Gasteiger partial charge in [0, 0.05) is 49.9 Å². The minimum Gasteiger partial charge on any atom is -0.379 e. The number of benzene rings is 2. The number of morpholine rings is 1. The summed E-state index contributed by atoms with van der Waals surface area (Å²) in [6.45, 7) is 11.6. The number of fused-ring (bicyclic) bond motifs is 1. The Morgan fingerprint density at radius 2 is 1.66 bits per heavy atom. The van der Waals surface area contributed by atoms with Gasteiger partial charge in [-0.15, -0.1) is 0 Å². The van der Waals surface area contributed by atoms with Gasteiger partial charge in [-0.2, -0.15) is 4.31 Å². The number of sulfonamides is 1. The summed E-state index contributed by atoms with van der Waals surface area (Å²) in [5.74, 6) is -0.201. The van der Waals surface area contributed by atoms with Gasteiger partial charge in [-0.1, -0.05) is 49.6 Å². The maximum atomic E-state index is 13.9. The molecule has 3 aromatic rings. The van der Waals surface area contributed by atoms with Gasteiger partial charge < -0.3 is 4.74 Å². The minimum absolute atomic E-state index is 0.201. The second kappa shape index (κ2) is 14.9. The standard InChI is InChI=1S/C30H41ClN4O4S2/c1-4-6-16-34(17-7-5-2)41(37,38)25-11-9-24(10-12-25)29(36)35(18-8-15-33-19-21-39-22-20-33)30-32-28-23(3)26(31)13-14-27(28)40-30/h9-14H,4-8,15-22H2,1-3H3. The highest BCUT2D eigenvalue weighted by Gasteiger charge is 2.26. The molecule has 41 heavy (non-hydrogen) atoms. The Hall–Kier alpha value is -2.08. The van der Waals surface area contributed by atoms with Crippen LogP contribution in [0.15, 0.2) is 41.3 Å². The first-order valence-electron chi connectivity index (χ1n) is 14.5.